The summed E-state index contributed by atoms with van der Waals surface area (Å²) in [4.78, 5) is 7.48. The van der Waals surface area contributed by atoms with Gasteiger partial charge in [0.2, 0.25) is 0 Å². The molecule has 0 N–H and O–H groups in total. The topological polar surface area (TPSA) is 9.72 Å². The lowest BCUT2D eigenvalue weighted by Crippen LogP contribution is -2.38. The van der Waals surface area contributed by atoms with Crippen molar-refractivity contribution in [1.82, 2.24) is 14.7 Å². The molecule has 0 aromatic heterocycles. The van der Waals surface area contributed by atoms with E-state index < -0.39 is 0 Å². The quantitative estimate of drug-likeness (QED) is 0.245. The van der Waals surface area contributed by atoms with Crippen molar-refractivity contribution in [2.45, 2.75) is 78.6 Å². The van der Waals surface area contributed by atoms with E-state index in [2.05, 4.69) is 168 Å². The van der Waals surface area contributed by atoms with Crippen LogP contribution in [0.3, 0.4) is 0 Å². The third-order valence-corrected chi connectivity index (χ3v) is 11.6. The normalized spacial score (nSPS) is 25.6. The fourth-order valence-corrected chi connectivity index (χ4v) is 8.45. The standard InChI is InChI=1S/3C15H23N.2BrH.ClH/c3*1-12(2)14-9-15(11-16(3)10-14)13-7-5-4-6-8-13;;;/h3*4-8,12,14-15H,9-11H2,1-3H3;3*1H/t14-,15+;;;;;/m1...../s1. The predicted molar refractivity (Wildman–Crippen MR) is 237 cm³/mol. The molecular weight excluding hydrogens is 778 g/mol. The average molecular weight is 850 g/mol. The monoisotopic (exact) mass is 847 g/mol. The van der Waals surface area contributed by atoms with Crippen molar-refractivity contribution in [2.75, 3.05) is 60.4 Å². The minimum Gasteiger partial charge on any atom is -0.305 e. The van der Waals surface area contributed by atoms with Crippen molar-refractivity contribution >= 4 is 46.4 Å². The highest BCUT2D eigenvalue weighted by Gasteiger charge is 2.30. The van der Waals surface area contributed by atoms with Gasteiger partial charge in [-0.2, -0.15) is 0 Å². The van der Waals surface area contributed by atoms with Gasteiger partial charge >= 0.3 is 0 Å². The van der Waals surface area contributed by atoms with E-state index in [-0.39, 0.29) is 46.4 Å². The van der Waals surface area contributed by atoms with E-state index >= 15 is 0 Å². The zero-order chi connectivity index (χ0) is 34.6. The molecule has 3 fully saturated rings. The lowest BCUT2D eigenvalue weighted by molar-refractivity contribution is 0.153. The van der Waals surface area contributed by atoms with Crippen LogP contribution < -0.4 is 0 Å². The molecule has 3 aliphatic rings. The van der Waals surface area contributed by atoms with Crippen LogP contribution >= 0.6 is 46.4 Å². The van der Waals surface area contributed by atoms with E-state index in [1.54, 1.807) is 0 Å². The first kappa shape index (κ1) is 47.8. The maximum absolute atomic E-state index is 2.49. The van der Waals surface area contributed by atoms with Gasteiger partial charge in [0, 0.05) is 39.3 Å². The van der Waals surface area contributed by atoms with E-state index in [9.17, 15) is 0 Å². The molecule has 0 spiro atoms. The Morgan fingerprint density at radius 1 is 0.392 bits per heavy atom. The van der Waals surface area contributed by atoms with Gasteiger partial charge < -0.3 is 14.7 Å². The largest absolute Gasteiger partial charge is 0.305 e. The van der Waals surface area contributed by atoms with Gasteiger partial charge in [-0.25, -0.2) is 0 Å². The SMILES string of the molecule is Br.Br.CC(C)C1CC(c2ccccc2)CN(C)C1.CC(C)C1CC(c2ccccc2)CN(C)C1.CC(C)[C@@H]1C[C@H](c2ccccc2)CN(C)C1.Cl. The second-order valence-electron chi connectivity index (χ2n) is 16.7. The van der Waals surface area contributed by atoms with Crippen molar-refractivity contribution in [1.29, 1.82) is 0 Å². The first-order chi connectivity index (χ1) is 23.0. The highest BCUT2D eigenvalue weighted by molar-refractivity contribution is 8.93. The minimum atomic E-state index is 0. The average Bonchev–Trinajstić information content (AvgIpc) is 3.09. The Morgan fingerprint density at radius 2 is 0.608 bits per heavy atom. The summed E-state index contributed by atoms with van der Waals surface area (Å²) in [6.07, 6.45) is 4.06. The van der Waals surface area contributed by atoms with Gasteiger partial charge in [-0.3, -0.25) is 0 Å². The molecule has 51 heavy (non-hydrogen) atoms. The van der Waals surface area contributed by atoms with Gasteiger partial charge in [0.25, 0.3) is 0 Å². The number of halogens is 3. The summed E-state index contributed by atoms with van der Waals surface area (Å²) >= 11 is 0. The van der Waals surface area contributed by atoms with Crippen LogP contribution in [0.5, 0.6) is 0 Å². The van der Waals surface area contributed by atoms with E-state index in [0.29, 0.717) is 0 Å². The Kier molecular flexibility index (Phi) is 22.7. The third-order valence-electron chi connectivity index (χ3n) is 11.6. The summed E-state index contributed by atoms with van der Waals surface area (Å²) < 4.78 is 0. The molecule has 3 heterocycles. The molecule has 0 radical (unpaired) electrons. The molecule has 6 rings (SSSR count). The van der Waals surface area contributed by atoms with Gasteiger partial charge in [0.1, 0.15) is 0 Å². The van der Waals surface area contributed by atoms with Gasteiger partial charge in [0.15, 0.2) is 0 Å². The van der Waals surface area contributed by atoms with E-state index in [4.69, 9.17) is 0 Å². The molecule has 6 heteroatoms. The van der Waals surface area contributed by atoms with Crippen LogP contribution in [-0.2, 0) is 0 Å². The maximum atomic E-state index is 2.49. The van der Waals surface area contributed by atoms with Crippen molar-refractivity contribution in [2.24, 2.45) is 35.5 Å². The number of piperidine rings is 3. The summed E-state index contributed by atoms with van der Waals surface area (Å²) in [5, 5.41) is 0. The molecule has 3 saturated heterocycles. The number of benzene rings is 3. The smallest absolute Gasteiger partial charge is 0.00474 e. The number of likely N-dealkylation sites (tertiary alicyclic amines) is 3. The van der Waals surface area contributed by atoms with E-state index in [0.717, 1.165) is 53.3 Å². The summed E-state index contributed by atoms with van der Waals surface area (Å²) in [6.45, 7) is 21.6. The van der Waals surface area contributed by atoms with Crippen LogP contribution in [0.25, 0.3) is 0 Å². The Hall–Kier alpha value is -1.21. The second kappa shape index (κ2) is 24.2. The zero-order valence-corrected chi connectivity index (χ0v) is 37.5. The molecule has 3 nitrogen and oxygen atoms in total. The highest BCUT2D eigenvalue weighted by Crippen LogP contribution is 2.35. The summed E-state index contributed by atoms with van der Waals surface area (Å²) in [5.74, 6) is 7.14. The molecule has 288 valence electrons. The molecule has 0 amide bonds. The lowest BCUT2D eigenvalue weighted by Gasteiger charge is -2.37. The number of hydrogen-bond acceptors (Lipinski definition) is 3. The van der Waals surface area contributed by atoms with Gasteiger partial charge in [-0.15, -0.1) is 46.4 Å². The predicted octanol–water partition coefficient (Wildman–Crippen LogP) is 11.7. The number of likely N-dealkylation sites (N-methyl/N-ethyl adjacent to an activating group) is 3. The van der Waals surface area contributed by atoms with Gasteiger partial charge in [-0.1, -0.05) is 133 Å². The van der Waals surface area contributed by atoms with Crippen LogP contribution in [0.2, 0.25) is 0 Å². The first-order valence-electron chi connectivity index (χ1n) is 19.2. The van der Waals surface area contributed by atoms with Crippen molar-refractivity contribution in [3.05, 3.63) is 108 Å². The summed E-state index contributed by atoms with van der Waals surface area (Å²) in [6, 6.07) is 33.0. The van der Waals surface area contributed by atoms with Crippen molar-refractivity contribution in [3.63, 3.8) is 0 Å². The third kappa shape index (κ3) is 15.6. The maximum Gasteiger partial charge on any atom is 0.00474 e. The Bertz CT molecular complexity index is 1130. The molecular formula is C45H72Br2ClN3. The number of hydrogen-bond donors (Lipinski definition) is 0. The number of nitrogens with zero attached hydrogens (tertiary/aromatic N) is 3. The summed E-state index contributed by atoms with van der Waals surface area (Å²) in [5.41, 5.74) is 4.54. The van der Waals surface area contributed by atoms with E-state index in [1.165, 1.54) is 75.2 Å². The molecule has 3 aromatic carbocycles. The van der Waals surface area contributed by atoms with Crippen molar-refractivity contribution < 1.29 is 0 Å². The van der Waals surface area contributed by atoms with Crippen LogP contribution in [-0.4, -0.2) is 75.1 Å². The zero-order valence-electron chi connectivity index (χ0n) is 33.3. The highest BCUT2D eigenvalue weighted by atomic mass is 79.9. The Morgan fingerprint density at radius 3 is 0.804 bits per heavy atom. The molecule has 0 bridgehead atoms. The fraction of sp³-hybridized carbons (Fsp3) is 0.600. The van der Waals surface area contributed by atoms with Gasteiger partial charge in [0.05, 0.1) is 0 Å². The number of rotatable bonds is 6. The molecule has 0 saturated carbocycles. The van der Waals surface area contributed by atoms with Crippen LogP contribution in [0.15, 0.2) is 91.0 Å². The summed E-state index contributed by atoms with van der Waals surface area (Å²) in [7, 11) is 6.76. The lowest BCUT2D eigenvalue weighted by atomic mass is 9.80. The van der Waals surface area contributed by atoms with Gasteiger partial charge in [-0.05, 0) is 110 Å². The van der Waals surface area contributed by atoms with Crippen LogP contribution in [0.4, 0.5) is 0 Å². The fourth-order valence-electron chi connectivity index (χ4n) is 8.45. The van der Waals surface area contributed by atoms with Crippen LogP contribution in [0.1, 0.15) is 95.2 Å². The molecule has 3 aliphatic heterocycles. The Balaban J connectivity index is 0.000000372. The molecule has 4 unspecified atom stereocenters. The van der Waals surface area contributed by atoms with E-state index in [1.807, 2.05) is 0 Å². The first-order valence-corrected chi connectivity index (χ1v) is 19.2. The molecule has 0 aliphatic carbocycles. The van der Waals surface area contributed by atoms with Crippen molar-refractivity contribution in [3.8, 4) is 0 Å². The minimum absolute atomic E-state index is 0. The molecule has 6 atom stereocenters. The molecule has 3 aromatic rings. The second-order valence-corrected chi connectivity index (χ2v) is 16.7. The van der Waals surface area contributed by atoms with Crippen LogP contribution in [0, 0.1) is 35.5 Å². The Labute approximate surface area is 341 Å².